The Labute approximate surface area is 177 Å². The van der Waals surface area contributed by atoms with E-state index in [1.165, 1.54) is 13.2 Å². The lowest BCUT2D eigenvalue weighted by Crippen LogP contribution is -2.45. The number of carbonyl (C=O) groups is 3. The highest BCUT2D eigenvalue weighted by atomic mass is 16.7. The first-order valence-corrected chi connectivity index (χ1v) is 10.6. The molecule has 0 radical (unpaired) electrons. The van der Waals surface area contributed by atoms with Gasteiger partial charge < -0.3 is 23.7 Å². The summed E-state index contributed by atoms with van der Waals surface area (Å²) in [6.07, 6.45) is 1.33. The zero-order valence-corrected chi connectivity index (χ0v) is 18.3. The summed E-state index contributed by atoms with van der Waals surface area (Å²) in [5, 5.41) is 0. The van der Waals surface area contributed by atoms with Gasteiger partial charge >= 0.3 is 17.9 Å². The molecule has 3 aliphatic rings. The molecule has 0 unspecified atom stereocenters. The van der Waals surface area contributed by atoms with Gasteiger partial charge in [0.1, 0.15) is 18.3 Å². The molecule has 1 saturated heterocycles. The molecule has 0 aromatic carbocycles. The predicted molar refractivity (Wildman–Crippen MR) is 105 cm³/mol. The van der Waals surface area contributed by atoms with Crippen molar-refractivity contribution >= 4 is 17.9 Å². The minimum absolute atomic E-state index is 0.0856. The van der Waals surface area contributed by atoms with Gasteiger partial charge in [-0.15, -0.1) is 0 Å². The molecular formula is C22H32O8. The molecule has 2 fully saturated rings. The molecule has 1 saturated carbocycles. The molecule has 0 aromatic rings. The van der Waals surface area contributed by atoms with Crippen LogP contribution in [-0.2, 0) is 38.1 Å². The van der Waals surface area contributed by atoms with Crippen LogP contribution in [0.25, 0.3) is 0 Å². The van der Waals surface area contributed by atoms with E-state index in [1.54, 1.807) is 0 Å². The fourth-order valence-electron chi connectivity index (χ4n) is 4.38. The van der Waals surface area contributed by atoms with Gasteiger partial charge in [-0.3, -0.25) is 14.4 Å². The van der Waals surface area contributed by atoms with Crippen LogP contribution in [0, 0.1) is 23.7 Å². The molecular weight excluding hydrogens is 392 g/mol. The van der Waals surface area contributed by atoms with E-state index in [4.69, 9.17) is 23.7 Å². The molecule has 5 atom stereocenters. The van der Waals surface area contributed by atoms with Crippen molar-refractivity contribution in [2.75, 3.05) is 13.2 Å². The largest absolute Gasteiger partial charge is 0.462 e. The molecule has 0 bridgehead atoms. The number of fused-ring (bicyclic) bond motifs is 2. The molecule has 0 aromatic heterocycles. The first-order valence-electron chi connectivity index (χ1n) is 10.6. The lowest BCUT2D eigenvalue weighted by atomic mass is 9.83. The first-order chi connectivity index (χ1) is 14.1. The average Bonchev–Trinajstić information content (AvgIpc) is 3.33. The number of rotatable bonds is 8. The van der Waals surface area contributed by atoms with Crippen molar-refractivity contribution in [3.05, 3.63) is 11.8 Å². The second-order valence-corrected chi connectivity index (χ2v) is 9.25. The van der Waals surface area contributed by atoms with E-state index >= 15 is 0 Å². The molecule has 8 nitrogen and oxygen atoms in total. The zero-order valence-electron chi connectivity index (χ0n) is 18.3. The molecule has 0 N–H and O–H groups in total. The molecule has 8 heteroatoms. The molecule has 1 spiro atoms. The second-order valence-electron chi connectivity index (χ2n) is 9.25. The summed E-state index contributed by atoms with van der Waals surface area (Å²) in [6.45, 7) is 9.62. The number of esters is 3. The maximum Gasteiger partial charge on any atom is 0.309 e. The van der Waals surface area contributed by atoms with Crippen LogP contribution in [0.2, 0.25) is 0 Å². The van der Waals surface area contributed by atoms with Crippen molar-refractivity contribution < 1.29 is 38.1 Å². The topological polar surface area (TPSA) is 101 Å². The Morgan fingerprint density at radius 3 is 2.30 bits per heavy atom. The highest BCUT2D eigenvalue weighted by Crippen LogP contribution is 2.57. The van der Waals surface area contributed by atoms with Crippen molar-refractivity contribution in [1.82, 2.24) is 0 Å². The quantitative estimate of drug-likeness (QED) is 0.333. The Kier molecular flexibility index (Phi) is 6.75. The summed E-state index contributed by atoms with van der Waals surface area (Å²) in [6, 6.07) is 0. The number of ether oxygens (including phenoxy) is 5. The van der Waals surface area contributed by atoms with Crippen LogP contribution in [0.3, 0.4) is 0 Å². The Morgan fingerprint density at radius 2 is 1.73 bits per heavy atom. The Bertz CT molecular complexity index is 706. The van der Waals surface area contributed by atoms with Gasteiger partial charge in [0, 0.05) is 31.3 Å². The SMILES string of the molecule is CC(=O)O[C@@H]1C[C@@H]2C(COC(=O)CC(C)C)=CO[C@@H](OC(=O)CC(C)C)[C@H]2[C@@]12CO2. The van der Waals surface area contributed by atoms with Crippen molar-refractivity contribution in [2.45, 2.75) is 71.9 Å². The van der Waals surface area contributed by atoms with Crippen LogP contribution in [0.1, 0.15) is 53.9 Å². The number of epoxide rings is 1. The third kappa shape index (κ3) is 4.96. The van der Waals surface area contributed by atoms with Crippen molar-refractivity contribution in [3.63, 3.8) is 0 Å². The van der Waals surface area contributed by atoms with E-state index in [0.717, 1.165) is 5.57 Å². The highest BCUT2D eigenvalue weighted by Gasteiger charge is 2.70. The zero-order chi connectivity index (χ0) is 22.1. The van der Waals surface area contributed by atoms with E-state index in [0.29, 0.717) is 19.4 Å². The minimum atomic E-state index is -0.834. The molecule has 1 aliphatic carbocycles. The third-order valence-corrected chi connectivity index (χ3v) is 5.72. The molecule has 168 valence electrons. The molecule has 0 amide bonds. The van der Waals surface area contributed by atoms with Crippen LogP contribution < -0.4 is 0 Å². The fourth-order valence-corrected chi connectivity index (χ4v) is 4.38. The van der Waals surface area contributed by atoms with Gasteiger partial charge in [-0.05, 0) is 18.3 Å². The first kappa shape index (κ1) is 22.6. The minimum Gasteiger partial charge on any atom is -0.462 e. The standard InChI is InChI=1S/C22H32O8/c1-12(2)6-18(24)26-9-15-10-27-21(30-19(25)7-13(3)4)20-16(15)8-17(29-14(5)23)22(20)11-28-22/h10,12-13,16-17,20-21H,6-9,11H2,1-5H3/t16-,17-,20+,21+,22-/m1/s1. The maximum atomic E-state index is 12.3. The Hall–Kier alpha value is -2.09. The van der Waals surface area contributed by atoms with Crippen LogP contribution in [-0.4, -0.2) is 49.1 Å². The normalized spacial score (nSPS) is 31.8. The lowest BCUT2D eigenvalue weighted by Gasteiger charge is -2.35. The highest BCUT2D eigenvalue weighted by molar-refractivity contribution is 5.70. The van der Waals surface area contributed by atoms with E-state index in [-0.39, 0.29) is 48.6 Å². The van der Waals surface area contributed by atoms with Crippen LogP contribution in [0.15, 0.2) is 11.8 Å². The van der Waals surface area contributed by atoms with Gasteiger partial charge in [-0.2, -0.15) is 0 Å². The molecule has 2 aliphatic heterocycles. The van der Waals surface area contributed by atoms with E-state index in [9.17, 15) is 14.4 Å². The Balaban J connectivity index is 1.77. The predicted octanol–water partition coefficient (Wildman–Crippen LogP) is 2.74. The van der Waals surface area contributed by atoms with Crippen LogP contribution in [0.5, 0.6) is 0 Å². The summed E-state index contributed by atoms with van der Waals surface area (Å²) in [5.74, 6) is -1.13. The van der Waals surface area contributed by atoms with Crippen LogP contribution >= 0.6 is 0 Å². The fraction of sp³-hybridized carbons (Fsp3) is 0.773. The van der Waals surface area contributed by atoms with Gasteiger partial charge in [0.05, 0.1) is 18.8 Å². The summed E-state index contributed by atoms with van der Waals surface area (Å²) in [7, 11) is 0. The number of hydrogen-bond acceptors (Lipinski definition) is 8. The van der Waals surface area contributed by atoms with E-state index < -0.39 is 24.0 Å². The smallest absolute Gasteiger partial charge is 0.309 e. The van der Waals surface area contributed by atoms with Crippen molar-refractivity contribution in [2.24, 2.45) is 23.7 Å². The Morgan fingerprint density at radius 1 is 1.10 bits per heavy atom. The average molecular weight is 424 g/mol. The molecule has 30 heavy (non-hydrogen) atoms. The summed E-state index contributed by atoms with van der Waals surface area (Å²) in [4.78, 5) is 35.9. The van der Waals surface area contributed by atoms with E-state index in [1.807, 2.05) is 27.7 Å². The number of carbonyl (C=O) groups excluding carboxylic acids is 3. The summed E-state index contributed by atoms with van der Waals surface area (Å²) in [5.41, 5.74) is 0.0402. The van der Waals surface area contributed by atoms with E-state index in [2.05, 4.69) is 0 Å². The molecule has 2 heterocycles. The maximum absolute atomic E-state index is 12.3. The van der Waals surface area contributed by atoms with Gasteiger partial charge in [0.15, 0.2) is 0 Å². The van der Waals surface area contributed by atoms with Crippen LogP contribution in [0.4, 0.5) is 0 Å². The third-order valence-electron chi connectivity index (χ3n) is 5.72. The lowest BCUT2D eigenvalue weighted by molar-refractivity contribution is -0.192. The van der Waals surface area contributed by atoms with Gasteiger partial charge in [-0.25, -0.2) is 0 Å². The summed E-state index contributed by atoms with van der Waals surface area (Å²) < 4.78 is 28.2. The number of hydrogen-bond donors (Lipinski definition) is 0. The van der Waals surface area contributed by atoms with Gasteiger partial charge in [-0.1, -0.05) is 27.7 Å². The van der Waals surface area contributed by atoms with Crippen molar-refractivity contribution in [3.8, 4) is 0 Å². The second kappa shape index (κ2) is 8.96. The molecule has 3 rings (SSSR count). The monoisotopic (exact) mass is 424 g/mol. The van der Waals surface area contributed by atoms with Gasteiger partial charge in [0.2, 0.25) is 6.29 Å². The summed E-state index contributed by atoms with van der Waals surface area (Å²) >= 11 is 0. The van der Waals surface area contributed by atoms with Gasteiger partial charge in [0.25, 0.3) is 0 Å². The van der Waals surface area contributed by atoms with Crippen molar-refractivity contribution in [1.29, 1.82) is 0 Å².